The molecule has 5 nitrogen and oxygen atoms in total. The van der Waals surface area contributed by atoms with Crippen molar-refractivity contribution in [3.8, 4) is 0 Å². The molecule has 0 saturated carbocycles. The first kappa shape index (κ1) is 13.2. The highest BCUT2D eigenvalue weighted by Crippen LogP contribution is 2.14. The lowest BCUT2D eigenvalue weighted by atomic mass is 10.2. The van der Waals surface area contributed by atoms with Crippen LogP contribution in [0.3, 0.4) is 0 Å². The Morgan fingerprint density at radius 3 is 2.65 bits per heavy atom. The molecular formula is C12H17N3O2. The number of carbonyl (C=O) groups excluding carboxylic acids is 1. The van der Waals surface area contributed by atoms with Gasteiger partial charge in [0, 0.05) is 17.5 Å². The van der Waals surface area contributed by atoms with Crippen LogP contribution in [0.15, 0.2) is 18.3 Å². The highest BCUT2D eigenvalue weighted by Gasteiger charge is 2.17. The number of amides is 1. The van der Waals surface area contributed by atoms with Gasteiger partial charge in [-0.05, 0) is 39.8 Å². The summed E-state index contributed by atoms with van der Waals surface area (Å²) < 4.78 is 5.12. The van der Waals surface area contributed by atoms with Gasteiger partial charge in [-0.1, -0.05) is 0 Å². The lowest BCUT2D eigenvalue weighted by molar-refractivity contribution is 0.0635. The predicted molar refractivity (Wildman–Crippen MR) is 66.6 cm³/mol. The molecule has 0 saturated heterocycles. The van der Waals surface area contributed by atoms with E-state index in [0.717, 1.165) is 0 Å². The molecule has 92 valence electrons. The Kier molecular flexibility index (Phi) is 3.83. The van der Waals surface area contributed by atoms with Crippen molar-refractivity contribution in [2.75, 3.05) is 5.32 Å². The molecular weight excluding hydrogens is 218 g/mol. The van der Waals surface area contributed by atoms with Crippen LogP contribution >= 0.6 is 0 Å². The number of hydrogen-bond donors (Lipinski definition) is 2. The molecule has 1 amide bonds. The van der Waals surface area contributed by atoms with Crippen LogP contribution in [0, 0.1) is 5.41 Å². The number of anilines is 1. The van der Waals surface area contributed by atoms with E-state index in [4.69, 9.17) is 10.1 Å². The van der Waals surface area contributed by atoms with Gasteiger partial charge in [-0.3, -0.25) is 5.32 Å². The molecule has 0 bridgehead atoms. The first-order valence-electron chi connectivity index (χ1n) is 5.30. The van der Waals surface area contributed by atoms with Crippen LogP contribution in [-0.2, 0) is 4.74 Å². The van der Waals surface area contributed by atoms with Crippen molar-refractivity contribution in [1.29, 1.82) is 5.41 Å². The lowest BCUT2D eigenvalue weighted by Gasteiger charge is -2.19. The second-order valence-electron chi connectivity index (χ2n) is 4.65. The molecule has 1 aromatic rings. The lowest BCUT2D eigenvalue weighted by Crippen LogP contribution is -2.28. The van der Waals surface area contributed by atoms with Crippen LogP contribution < -0.4 is 5.32 Å². The zero-order valence-electron chi connectivity index (χ0n) is 10.5. The Bertz CT molecular complexity index is 436. The van der Waals surface area contributed by atoms with Crippen molar-refractivity contribution in [3.05, 3.63) is 23.9 Å². The van der Waals surface area contributed by atoms with Crippen molar-refractivity contribution in [1.82, 2.24) is 4.98 Å². The van der Waals surface area contributed by atoms with E-state index in [1.54, 1.807) is 46.0 Å². The van der Waals surface area contributed by atoms with E-state index in [1.807, 2.05) is 0 Å². The van der Waals surface area contributed by atoms with E-state index in [-0.39, 0.29) is 0 Å². The van der Waals surface area contributed by atoms with Crippen molar-refractivity contribution in [2.45, 2.75) is 33.3 Å². The van der Waals surface area contributed by atoms with Gasteiger partial charge < -0.3 is 10.1 Å². The fourth-order valence-corrected chi connectivity index (χ4v) is 1.21. The average Bonchev–Trinajstić information content (AvgIpc) is 2.14. The summed E-state index contributed by atoms with van der Waals surface area (Å²) in [5.74, 6) is 0.342. The predicted octanol–water partition coefficient (Wildman–Crippen LogP) is 2.82. The van der Waals surface area contributed by atoms with Crippen molar-refractivity contribution < 1.29 is 9.53 Å². The molecule has 0 aliphatic heterocycles. The maximum Gasteiger partial charge on any atom is 0.413 e. The van der Waals surface area contributed by atoms with E-state index in [1.165, 1.54) is 0 Å². The first-order chi connectivity index (χ1) is 7.79. The molecule has 17 heavy (non-hydrogen) atoms. The molecule has 0 aliphatic rings. The summed E-state index contributed by atoms with van der Waals surface area (Å²) in [5.41, 5.74) is 0.362. The summed E-state index contributed by atoms with van der Waals surface area (Å²) >= 11 is 0. The number of nitrogens with zero attached hydrogens (tertiary/aromatic N) is 1. The minimum Gasteiger partial charge on any atom is -0.444 e. The average molecular weight is 235 g/mol. The fraction of sp³-hybridized carbons (Fsp3) is 0.417. The summed E-state index contributed by atoms with van der Waals surface area (Å²) in [6.07, 6.45) is 0.984. The number of hydrogen-bond acceptors (Lipinski definition) is 4. The first-order valence-corrected chi connectivity index (χ1v) is 5.30. The molecule has 0 radical (unpaired) electrons. The minimum atomic E-state index is -0.571. The Morgan fingerprint density at radius 2 is 2.12 bits per heavy atom. The van der Waals surface area contributed by atoms with Crippen LogP contribution in [-0.4, -0.2) is 22.4 Å². The van der Waals surface area contributed by atoms with Crippen LogP contribution in [0.2, 0.25) is 0 Å². The molecule has 0 aromatic carbocycles. The summed E-state index contributed by atoms with van der Waals surface area (Å²) in [6, 6.07) is 3.44. The molecule has 0 aliphatic carbocycles. The second kappa shape index (κ2) is 4.95. The van der Waals surface area contributed by atoms with Gasteiger partial charge in [-0.25, -0.2) is 9.78 Å². The minimum absolute atomic E-state index is 0.337. The van der Waals surface area contributed by atoms with Crippen LogP contribution in [0.1, 0.15) is 33.3 Å². The van der Waals surface area contributed by atoms with Gasteiger partial charge in [-0.2, -0.15) is 0 Å². The number of carbonyl (C=O) groups is 1. The molecule has 0 atom stereocenters. The normalized spacial score (nSPS) is 10.8. The smallest absolute Gasteiger partial charge is 0.413 e. The number of ether oxygens (including phenoxy) is 1. The molecule has 2 N–H and O–H groups in total. The Labute approximate surface area is 101 Å². The zero-order valence-corrected chi connectivity index (χ0v) is 10.5. The third kappa shape index (κ3) is 4.22. The SMILES string of the molecule is CC(=N)c1cccnc1NC(=O)OC(C)(C)C. The molecule has 0 spiro atoms. The molecule has 0 fully saturated rings. The number of rotatable bonds is 2. The van der Waals surface area contributed by atoms with Gasteiger partial charge in [-0.15, -0.1) is 0 Å². The van der Waals surface area contributed by atoms with Crippen LogP contribution in [0.4, 0.5) is 10.6 Å². The third-order valence-electron chi connectivity index (χ3n) is 1.83. The summed E-state index contributed by atoms with van der Waals surface area (Å²) in [6.45, 7) is 6.99. The van der Waals surface area contributed by atoms with Crippen molar-refractivity contribution >= 4 is 17.6 Å². The van der Waals surface area contributed by atoms with Gasteiger partial charge in [0.1, 0.15) is 11.4 Å². The maximum atomic E-state index is 11.6. The topological polar surface area (TPSA) is 75.1 Å². The van der Waals surface area contributed by atoms with Crippen LogP contribution in [0.5, 0.6) is 0 Å². The summed E-state index contributed by atoms with van der Waals surface area (Å²) in [4.78, 5) is 15.6. The molecule has 1 rings (SSSR count). The van der Waals surface area contributed by atoms with Gasteiger partial charge in [0.2, 0.25) is 0 Å². The van der Waals surface area contributed by atoms with Crippen LogP contribution in [0.25, 0.3) is 0 Å². The number of aromatic nitrogens is 1. The Balaban J connectivity index is 2.82. The molecule has 1 aromatic heterocycles. The van der Waals surface area contributed by atoms with E-state index < -0.39 is 11.7 Å². The summed E-state index contributed by atoms with van der Waals surface area (Å²) in [5, 5.41) is 10.1. The highest BCUT2D eigenvalue weighted by atomic mass is 16.6. The number of pyridine rings is 1. The zero-order chi connectivity index (χ0) is 13.1. The van der Waals surface area contributed by atoms with Gasteiger partial charge in [0.05, 0.1) is 0 Å². The largest absolute Gasteiger partial charge is 0.444 e. The van der Waals surface area contributed by atoms with E-state index in [0.29, 0.717) is 17.1 Å². The quantitative estimate of drug-likeness (QED) is 0.774. The van der Waals surface area contributed by atoms with E-state index >= 15 is 0 Å². The molecule has 0 unspecified atom stereocenters. The molecule has 1 heterocycles. The van der Waals surface area contributed by atoms with Crippen molar-refractivity contribution in [3.63, 3.8) is 0 Å². The Morgan fingerprint density at radius 1 is 1.47 bits per heavy atom. The highest BCUT2D eigenvalue weighted by molar-refractivity contribution is 6.02. The summed E-state index contributed by atoms with van der Waals surface area (Å²) in [7, 11) is 0. The number of nitrogens with one attached hydrogen (secondary N) is 2. The van der Waals surface area contributed by atoms with E-state index in [9.17, 15) is 4.79 Å². The van der Waals surface area contributed by atoms with E-state index in [2.05, 4.69) is 10.3 Å². The second-order valence-corrected chi connectivity index (χ2v) is 4.65. The van der Waals surface area contributed by atoms with Gasteiger partial charge in [0.25, 0.3) is 0 Å². The standard InChI is InChI=1S/C12H17N3O2/c1-8(13)9-6-5-7-14-10(9)15-11(16)17-12(2,3)4/h5-7,13H,1-4H3,(H,14,15,16). The third-order valence-corrected chi connectivity index (χ3v) is 1.83. The van der Waals surface area contributed by atoms with Crippen molar-refractivity contribution in [2.24, 2.45) is 0 Å². The maximum absolute atomic E-state index is 11.6. The van der Waals surface area contributed by atoms with Gasteiger partial charge in [0.15, 0.2) is 0 Å². The Hall–Kier alpha value is -1.91. The monoisotopic (exact) mass is 235 g/mol. The van der Waals surface area contributed by atoms with Gasteiger partial charge >= 0.3 is 6.09 Å². The molecule has 5 heteroatoms. The fourth-order valence-electron chi connectivity index (χ4n) is 1.21.